The van der Waals surface area contributed by atoms with Crippen LogP contribution < -0.4 is 16.0 Å². The van der Waals surface area contributed by atoms with Crippen LogP contribution in [-0.2, 0) is 0 Å². The van der Waals surface area contributed by atoms with Gasteiger partial charge in [-0.3, -0.25) is 0 Å². The second kappa shape index (κ2) is 6.02. The molecule has 2 aromatic heterocycles. The van der Waals surface area contributed by atoms with Crippen LogP contribution in [0, 0.1) is 13.8 Å². The van der Waals surface area contributed by atoms with E-state index in [2.05, 4.69) is 30.9 Å². The normalized spacial score (nSPS) is 21.3. The standard InChI is InChI=1S/C15H22N6O/c1-4-17-13-12-8(2)5-9(3)18-14(12)21-15(20-13)19-10-6-16-7-11(10)22/h5,10-11,16,22H,4,6-7H2,1-3H3,(H2,17,18,19,20,21). The Morgan fingerprint density at radius 1 is 1.27 bits per heavy atom. The highest BCUT2D eigenvalue weighted by Crippen LogP contribution is 2.25. The van der Waals surface area contributed by atoms with E-state index in [-0.39, 0.29) is 6.04 Å². The summed E-state index contributed by atoms with van der Waals surface area (Å²) in [4.78, 5) is 13.6. The molecule has 3 rings (SSSR count). The smallest absolute Gasteiger partial charge is 0.227 e. The van der Waals surface area contributed by atoms with Crippen LogP contribution in [0.25, 0.3) is 11.0 Å². The van der Waals surface area contributed by atoms with E-state index in [0.717, 1.165) is 29.0 Å². The first-order valence-corrected chi connectivity index (χ1v) is 7.63. The summed E-state index contributed by atoms with van der Waals surface area (Å²) < 4.78 is 0. The van der Waals surface area contributed by atoms with Gasteiger partial charge in [0.25, 0.3) is 0 Å². The van der Waals surface area contributed by atoms with E-state index < -0.39 is 6.10 Å². The number of rotatable bonds is 4. The molecule has 1 aliphatic rings. The fourth-order valence-electron chi connectivity index (χ4n) is 2.82. The lowest BCUT2D eigenvalue weighted by Crippen LogP contribution is -2.32. The van der Waals surface area contributed by atoms with Gasteiger partial charge in [0.15, 0.2) is 5.65 Å². The van der Waals surface area contributed by atoms with Gasteiger partial charge >= 0.3 is 0 Å². The molecule has 2 unspecified atom stereocenters. The third-order valence-corrected chi connectivity index (χ3v) is 3.83. The summed E-state index contributed by atoms with van der Waals surface area (Å²) in [6.07, 6.45) is -0.436. The molecule has 0 saturated carbocycles. The molecule has 0 amide bonds. The topological polar surface area (TPSA) is 95.0 Å². The summed E-state index contributed by atoms with van der Waals surface area (Å²) in [6.45, 7) is 8.08. The van der Waals surface area contributed by atoms with Crippen molar-refractivity contribution in [3.8, 4) is 0 Å². The molecule has 0 aliphatic carbocycles. The predicted octanol–water partition coefficient (Wildman–Crippen LogP) is 0.818. The molecule has 4 N–H and O–H groups in total. The van der Waals surface area contributed by atoms with Crippen LogP contribution in [0.4, 0.5) is 11.8 Å². The molecule has 7 heteroatoms. The molecule has 2 aromatic rings. The molecule has 7 nitrogen and oxygen atoms in total. The largest absolute Gasteiger partial charge is 0.390 e. The van der Waals surface area contributed by atoms with E-state index in [0.29, 0.717) is 24.7 Å². The number of aliphatic hydroxyl groups excluding tert-OH is 1. The summed E-state index contributed by atoms with van der Waals surface area (Å²) >= 11 is 0. The molecule has 0 aromatic carbocycles. The van der Waals surface area contributed by atoms with Crippen LogP contribution in [0.5, 0.6) is 0 Å². The zero-order valence-electron chi connectivity index (χ0n) is 13.1. The molecule has 3 heterocycles. The number of pyridine rings is 1. The minimum Gasteiger partial charge on any atom is -0.390 e. The number of hydrogen-bond donors (Lipinski definition) is 4. The van der Waals surface area contributed by atoms with Crippen LogP contribution in [0.1, 0.15) is 18.2 Å². The minimum atomic E-state index is -0.436. The molecular formula is C15H22N6O. The molecule has 1 fully saturated rings. The van der Waals surface area contributed by atoms with Crippen molar-refractivity contribution in [3.63, 3.8) is 0 Å². The average molecular weight is 302 g/mol. The number of aryl methyl sites for hydroxylation is 2. The van der Waals surface area contributed by atoms with Gasteiger partial charge in [-0.2, -0.15) is 9.97 Å². The Labute approximate surface area is 129 Å². The quantitative estimate of drug-likeness (QED) is 0.664. The minimum absolute atomic E-state index is 0.0853. The summed E-state index contributed by atoms with van der Waals surface area (Å²) in [5, 5.41) is 20.5. The number of fused-ring (bicyclic) bond motifs is 1. The Hall–Kier alpha value is -1.99. The van der Waals surface area contributed by atoms with Crippen molar-refractivity contribution in [1.82, 2.24) is 20.3 Å². The van der Waals surface area contributed by atoms with Gasteiger partial charge in [-0.1, -0.05) is 0 Å². The molecule has 0 spiro atoms. The lowest BCUT2D eigenvalue weighted by atomic mass is 10.1. The Kier molecular flexibility index (Phi) is 4.08. The molecule has 1 saturated heterocycles. The average Bonchev–Trinajstić information content (AvgIpc) is 2.83. The fourth-order valence-corrected chi connectivity index (χ4v) is 2.82. The third kappa shape index (κ3) is 2.82. The van der Waals surface area contributed by atoms with Gasteiger partial charge in [-0.15, -0.1) is 0 Å². The molecule has 2 atom stereocenters. The Morgan fingerprint density at radius 3 is 2.77 bits per heavy atom. The Morgan fingerprint density at radius 2 is 2.09 bits per heavy atom. The molecular weight excluding hydrogens is 280 g/mol. The van der Waals surface area contributed by atoms with E-state index in [4.69, 9.17) is 0 Å². The summed E-state index contributed by atoms with van der Waals surface area (Å²) in [5.74, 6) is 1.27. The van der Waals surface area contributed by atoms with Crippen LogP contribution in [0.2, 0.25) is 0 Å². The van der Waals surface area contributed by atoms with Gasteiger partial charge in [-0.25, -0.2) is 4.98 Å². The van der Waals surface area contributed by atoms with Crippen LogP contribution in [0.15, 0.2) is 6.07 Å². The number of aromatic nitrogens is 3. The molecule has 0 radical (unpaired) electrons. The molecule has 22 heavy (non-hydrogen) atoms. The Bertz CT molecular complexity index is 689. The number of β-amino-alcohol motifs (C(OH)–C–C–N with tert-alkyl or cyclic N) is 1. The predicted molar refractivity (Wildman–Crippen MR) is 87.3 cm³/mol. The van der Waals surface area contributed by atoms with Crippen molar-refractivity contribution in [3.05, 3.63) is 17.3 Å². The number of hydrogen-bond acceptors (Lipinski definition) is 7. The van der Waals surface area contributed by atoms with E-state index >= 15 is 0 Å². The number of nitrogens with zero attached hydrogens (tertiary/aromatic N) is 3. The van der Waals surface area contributed by atoms with Gasteiger partial charge in [0, 0.05) is 25.3 Å². The monoisotopic (exact) mass is 302 g/mol. The first-order chi connectivity index (χ1) is 10.6. The third-order valence-electron chi connectivity index (χ3n) is 3.83. The lowest BCUT2D eigenvalue weighted by Gasteiger charge is -2.17. The SMILES string of the molecule is CCNc1nc(NC2CNCC2O)nc2nc(C)cc(C)c12. The number of anilines is 2. The second-order valence-electron chi connectivity index (χ2n) is 5.68. The molecule has 1 aliphatic heterocycles. The maximum absolute atomic E-state index is 9.91. The fraction of sp³-hybridized carbons (Fsp3) is 0.533. The van der Waals surface area contributed by atoms with Crippen LogP contribution in [0.3, 0.4) is 0 Å². The van der Waals surface area contributed by atoms with Crippen molar-refractivity contribution in [2.45, 2.75) is 32.9 Å². The van der Waals surface area contributed by atoms with Crippen molar-refractivity contribution < 1.29 is 5.11 Å². The van der Waals surface area contributed by atoms with Gasteiger partial charge in [-0.05, 0) is 32.4 Å². The lowest BCUT2D eigenvalue weighted by molar-refractivity contribution is 0.185. The molecule has 118 valence electrons. The maximum Gasteiger partial charge on any atom is 0.227 e. The van der Waals surface area contributed by atoms with Crippen molar-refractivity contribution in [2.24, 2.45) is 0 Å². The van der Waals surface area contributed by atoms with Crippen LogP contribution >= 0.6 is 0 Å². The highest BCUT2D eigenvalue weighted by Gasteiger charge is 2.25. The van der Waals surface area contributed by atoms with Crippen molar-refractivity contribution in [2.75, 3.05) is 30.3 Å². The number of aliphatic hydroxyl groups is 1. The first-order valence-electron chi connectivity index (χ1n) is 7.63. The van der Waals surface area contributed by atoms with E-state index in [1.807, 2.05) is 26.8 Å². The van der Waals surface area contributed by atoms with Gasteiger partial charge in [0.1, 0.15) is 5.82 Å². The van der Waals surface area contributed by atoms with E-state index in [1.54, 1.807) is 0 Å². The van der Waals surface area contributed by atoms with E-state index in [1.165, 1.54) is 0 Å². The summed E-state index contributed by atoms with van der Waals surface area (Å²) in [7, 11) is 0. The zero-order valence-corrected chi connectivity index (χ0v) is 13.1. The van der Waals surface area contributed by atoms with Gasteiger partial charge in [0.05, 0.1) is 17.5 Å². The summed E-state index contributed by atoms with van der Waals surface area (Å²) in [6, 6.07) is 1.95. The highest BCUT2D eigenvalue weighted by atomic mass is 16.3. The van der Waals surface area contributed by atoms with Gasteiger partial charge < -0.3 is 21.1 Å². The van der Waals surface area contributed by atoms with Crippen LogP contribution in [-0.4, -0.2) is 51.8 Å². The van der Waals surface area contributed by atoms with Crippen molar-refractivity contribution in [1.29, 1.82) is 0 Å². The van der Waals surface area contributed by atoms with Crippen molar-refractivity contribution >= 4 is 22.8 Å². The maximum atomic E-state index is 9.91. The van der Waals surface area contributed by atoms with E-state index in [9.17, 15) is 5.11 Å². The highest BCUT2D eigenvalue weighted by molar-refractivity contribution is 5.90. The molecule has 0 bridgehead atoms. The number of nitrogens with one attached hydrogen (secondary N) is 3. The summed E-state index contributed by atoms with van der Waals surface area (Å²) in [5.41, 5.74) is 2.71. The van der Waals surface area contributed by atoms with Gasteiger partial charge in [0.2, 0.25) is 5.95 Å². The zero-order chi connectivity index (χ0) is 15.7. The first kappa shape index (κ1) is 14.9. The second-order valence-corrected chi connectivity index (χ2v) is 5.68. The Balaban J connectivity index is 2.04.